The molecular weight excluding hydrogens is 177 g/mol. The van der Waals surface area contributed by atoms with E-state index in [1.807, 2.05) is 0 Å². The van der Waals surface area contributed by atoms with Gasteiger partial charge in [0, 0.05) is 11.5 Å². The van der Waals surface area contributed by atoms with E-state index in [-0.39, 0.29) is 11.4 Å². The number of phenols is 1. The summed E-state index contributed by atoms with van der Waals surface area (Å²) in [5, 5.41) is 11.6. The molecule has 1 heterocycles. The van der Waals surface area contributed by atoms with Crippen LogP contribution in [0.2, 0.25) is 0 Å². The molecule has 3 N–H and O–H groups in total. The van der Waals surface area contributed by atoms with Crippen molar-refractivity contribution < 1.29 is 9.50 Å². The summed E-state index contributed by atoms with van der Waals surface area (Å²) >= 11 is 1.34. The van der Waals surface area contributed by atoms with E-state index in [2.05, 4.69) is 0 Å². The third-order valence-electron chi connectivity index (χ3n) is 1.71. The van der Waals surface area contributed by atoms with E-state index in [4.69, 9.17) is 5.73 Å². The Bertz CT molecular complexity index is 438. The molecule has 0 spiro atoms. The van der Waals surface area contributed by atoms with Gasteiger partial charge in [0.05, 0.1) is 10.4 Å². The third-order valence-corrected chi connectivity index (χ3v) is 2.65. The van der Waals surface area contributed by atoms with Gasteiger partial charge in [0.1, 0.15) is 11.6 Å². The van der Waals surface area contributed by atoms with Crippen molar-refractivity contribution in [1.82, 2.24) is 0 Å². The normalized spacial score (nSPS) is 10.8. The van der Waals surface area contributed by atoms with E-state index in [1.165, 1.54) is 11.3 Å². The van der Waals surface area contributed by atoms with Gasteiger partial charge < -0.3 is 10.8 Å². The molecule has 4 heteroatoms. The molecule has 0 unspecified atom stereocenters. The Hall–Kier alpha value is -1.29. The second-order valence-corrected chi connectivity index (χ2v) is 3.37. The monoisotopic (exact) mass is 183 g/mol. The fourth-order valence-corrected chi connectivity index (χ4v) is 1.94. The zero-order valence-corrected chi connectivity index (χ0v) is 6.86. The summed E-state index contributed by atoms with van der Waals surface area (Å²) in [4.78, 5) is 0. The SMILES string of the molecule is Nc1c(F)cc(O)c2sccc12. The Morgan fingerprint density at radius 3 is 3.00 bits per heavy atom. The highest BCUT2D eigenvalue weighted by atomic mass is 32.1. The quantitative estimate of drug-likeness (QED) is 0.486. The predicted molar refractivity (Wildman–Crippen MR) is 47.9 cm³/mol. The summed E-state index contributed by atoms with van der Waals surface area (Å²) in [5.74, 6) is -0.620. The highest BCUT2D eigenvalue weighted by molar-refractivity contribution is 7.17. The number of hydrogen-bond donors (Lipinski definition) is 2. The van der Waals surface area contributed by atoms with E-state index in [1.54, 1.807) is 11.4 Å². The van der Waals surface area contributed by atoms with Crippen LogP contribution in [0.5, 0.6) is 5.75 Å². The van der Waals surface area contributed by atoms with E-state index in [9.17, 15) is 9.50 Å². The molecule has 0 bridgehead atoms. The van der Waals surface area contributed by atoms with E-state index in [0.717, 1.165) is 6.07 Å². The van der Waals surface area contributed by atoms with Crippen LogP contribution in [-0.2, 0) is 0 Å². The number of phenolic OH excluding ortho intramolecular Hbond substituents is 1. The molecule has 2 rings (SSSR count). The molecule has 1 aromatic heterocycles. The Kier molecular flexibility index (Phi) is 1.44. The number of aromatic hydroxyl groups is 1. The zero-order valence-electron chi connectivity index (χ0n) is 6.04. The number of anilines is 1. The van der Waals surface area contributed by atoms with Gasteiger partial charge in [0.15, 0.2) is 0 Å². The highest BCUT2D eigenvalue weighted by Crippen LogP contribution is 2.35. The topological polar surface area (TPSA) is 46.2 Å². The molecule has 62 valence electrons. The van der Waals surface area contributed by atoms with Crippen molar-refractivity contribution >= 4 is 27.1 Å². The fourth-order valence-electron chi connectivity index (χ4n) is 1.11. The third kappa shape index (κ3) is 0.848. The number of fused-ring (bicyclic) bond motifs is 1. The van der Waals surface area contributed by atoms with Crippen LogP contribution < -0.4 is 5.73 Å². The molecule has 0 saturated carbocycles. The number of rotatable bonds is 0. The average molecular weight is 183 g/mol. The van der Waals surface area contributed by atoms with Crippen LogP contribution >= 0.6 is 11.3 Å². The number of thiophene rings is 1. The number of benzene rings is 1. The van der Waals surface area contributed by atoms with E-state index >= 15 is 0 Å². The van der Waals surface area contributed by atoms with Gasteiger partial charge in [-0.2, -0.15) is 0 Å². The lowest BCUT2D eigenvalue weighted by atomic mass is 10.2. The summed E-state index contributed by atoms with van der Waals surface area (Å²) in [6.07, 6.45) is 0. The van der Waals surface area contributed by atoms with Crippen molar-refractivity contribution in [3.8, 4) is 5.75 Å². The van der Waals surface area contributed by atoms with Crippen LogP contribution in [0.15, 0.2) is 17.5 Å². The van der Waals surface area contributed by atoms with Gasteiger partial charge in [0.25, 0.3) is 0 Å². The van der Waals surface area contributed by atoms with Crippen LogP contribution in [-0.4, -0.2) is 5.11 Å². The molecule has 0 amide bonds. The Morgan fingerprint density at radius 2 is 2.25 bits per heavy atom. The summed E-state index contributed by atoms with van der Waals surface area (Å²) in [6, 6.07) is 2.73. The molecule has 0 saturated heterocycles. The zero-order chi connectivity index (χ0) is 8.72. The first-order chi connectivity index (χ1) is 5.70. The van der Waals surface area contributed by atoms with Gasteiger partial charge in [-0.3, -0.25) is 0 Å². The van der Waals surface area contributed by atoms with Gasteiger partial charge in [-0.25, -0.2) is 4.39 Å². The van der Waals surface area contributed by atoms with Crippen molar-refractivity contribution in [2.45, 2.75) is 0 Å². The number of hydrogen-bond acceptors (Lipinski definition) is 3. The summed E-state index contributed by atoms with van der Waals surface area (Å²) in [7, 11) is 0. The number of nitrogens with two attached hydrogens (primary N) is 1. The van der Waals surface area contributed by atoms with Crippen molar-refractivity contribution in [2.75, 3.05) is 5.73 Å². The largest absolute Gasteiger partial charge is 0.506 e. The van der Waals surface area contributed by atoms with Crippen molar-refractivity contribution in [2.24, 2.45) is 0 Å². The standard InChI is InChI=1S/C8H6FNOS/c9-5-3-6(11)8-4(7(5)10)1-2-12-8/h1-3,11H,10H2. The molecule has 1 aromatic carbocycles. The molecule has 0 atom stereocenters. The summed E-state index contributed by atoms with van der Waals surface area (Å²) < 4.78 is 13.5. The van der Waals surface area contributed by atoms with Crippen molar-refractivity contribution in [3.05, 3.63) is 23.3 Å². The Labute approximate surface area is 72.1 Å². The summed E-state index contributed by atoms with van der Waals surface area (Å²) in [6.45, 7) is 0. The van der Waals surface area contributed by atoms with E-state index in [0.29, 0.717) is 10.1 Å². The van der Waals surface area contributed by atoms with Gasteiger partial charge in [-0.05, 0) is 11.4 Å². The minimum absolute atomic E-state index is 0.0494. The van der Waals surface area contributed by atoms with E-state index < -0.39 is 5.82 Å². The first-order valence-electron chi connectivity index (χ1n) is 3.34. The van der Waals surface area contributed by atoms with Crippen LogP contribution in [0.1, 0.15) is 0 Å². The average Bonchev–Trinajstić information content (AvgIpc) is 2.48. The number of halogens is 1. The van der Waals surface area contributed by atoms with Gasteiger partial charge >= 0.3 is 0 Å². The minimum Gasteiger partial charge on any atom is -0.506 e. The van der Waals surface area contributed by atoms with Crippen LogP contribution in [0.4, 0.5) is 10.1 Å². The van der Waals surface area contributed by atoms with Crippen LogP contribution in [0, 0.1) is 5.82 Å². The first-order valence-corrected chi connectivity index (χ1v) is 4.22. The Morgan fingerprint density at radius 1 is 1.50 bits per heavy atom. The molecule has 0 aliphatic heterocycles. The number of nitrogen functional groups attached to an aromatic ring is 1. The van der Waals surface area contributed by atoms with Crippen LogP contribution in [0.3, 0.4) is 0 Å². The lowest BCUT2D eigenvalue weighted by Gasteiger charge is -1.99. The maximum Gasteiger partial charge on any atom is 0.150 e. The lowest BCUT2D eigenvalue weighted by Crippen LogP contribution is -1.90. The van der Waals surface area contributed by atoms with Crippen molar-refractivity contribution in [1.29, 1.82) is 0 Å². The van der Waals surface area contributed by atoms with Gasteiger partial charge in [-0.15, -0.1) is 11.3 Å². The van der Waals surface area contributed by atoms with Crippen LogP contribution in [0.25, 0.3) is 10.1 Å². The molecule has 0 aliphatic carbocycles. The molecule has 2 aromatic rings. The molecular formula is C8H6FNOS. The lowest BCUT2D eigenvalue weighted by molar-refractivity contribution is 0.477. The highest BCUT2D eigenvalue weighted by Gasteiger charge is 2.09. The second kappa shape index (κ2) is 2.35. The fraction of sp³-hybridized carbons (Fsp3) is 0. The first kappa shape index (κ1) is 7.36. The molecule has 0 fully saturated rings. The maximum absolute atomic E-state index is 12.9. The smallest absolute Gasteiger partial charge is 0.150 e. The van der Waals surface area contributed by atoms with Gasteiger partial charge in [-0.1, -0.05) is 0 Å². The van der Waals surface area contributed by atoms with Crippen molar-refractivity contribution in [3.63, 3.8) is 0 Å². The maximum atomic E-state index is 12.9. The molecule has 12 heavy (non-hydrogen) atoms. The Balaban J connectivity index is 2.97. The molecule has 0 aliphatic rings. The second-order valence-electron chi connectivity index (χ2n) is 2.45. The molecule has 0 radical (unpaired) electrons. The van der Waals surface area contributed by atoms with Gasteiger partial charge in [0.2, 0.25) is 0 Å². The predicted octanol–water partition coefficient (Wildman–Crippen LogP) is 2.33. The molecule has 2 nitrogen and oxygen atoms in total. The minimum atomic E-state index is -0.571. The summed E-state index contributed by atoms with van der Waals surface area (Å²) in [5.41, 5.74) is 5.55.